The number of aliphatic hydroxyl groups excluding tert-OH is 1. The highest BCUT2D eigenvalue weighted by Crippen LogP contribution is 2.17. The fraction of sp³-hybridized carbons (Fsp3) is 1.00. The van der Waals surface area contributed by atoms with Crippen LogP contribution in [0.4, 0.5) is 0 Å². The first kappa shape index (κ1) is 7.03. The fourth-order valence-electron chi connectivity index (χ4n) is 1.45. The Morgan fingerprint density at radius 1 is 1.33 bits per heavy atom. The summed E-state index contributed by atoms with van der Waals surface area (Å²) in [6.45, 7) is 0. The van der Waals surface area contributed by atoms with E-state index >= 15 is 0 Å². The van der Waals surface area contributed by atoms with E-state index in [0.717, 1.165) is 12.8 Å². The maximum atomic E-state index is 9.31. The third-order valence-electron chi connectivity index (χ3n) is 2.10. The number of aliphatic hydroxyl groups is 1. The summed E-state index contributed by atoms with van der Waals surface area (Å²) in [6.07, 6.45) is 4.48. The Morgan fingerprint density at radius 2 is 2.00 bits per heavy atom. The van der Waals surface area contributed by atoms with E-state index in [2.05, 4.69) is 5.32 Å². The molecule has 1 aliphatic rings. The van der Waals surface area contributed by atoms with Crippen LogP contribution in [0.1, 0.15) is 25.7 Å². The van der Waals surface area contributed by atoms with Crippen molar-refractivity contribution in [3.8, 4) is 0 Å². The average molecular weight is 129 g/mol. The Labute approximate surface area is 56.3 Å². The molecule has 0 aromatic rings. The Kier molecular flexibility index (Phi) is 2.49. The van der Waals surface area contributed by atoms with Crippen LogP contribution in [0, 0.1) is 0 Å². The smallest absolute Gasteiger partial charge is 0.0693 e. The van der Waals surface area contributed by atoms with Crippen molar-refractivity contribution in [1.29, 1.82) is 0 Å². The minimum atomic E-state index is -0.0938. The number of hydrogen-bond donors (Lipinski definition) is 2. The molecule has 0 aliphatic heterocycles. The van der Waals surface area contributed by atoms with E-state index in [0.29, 0.717) is 6.04 Å². The monoisotopic (exact) mass is 129 g/mol. The number of nitrogens with one attached hydrogen (secondary N) is 1. The van der Waals surface area contributed by atoms with E-state index in [1.807, 2.05) is 7.05 Å². The second-order valence-corrected chi connectivity index (χ2v) is 2.75. The maximum absolute atomic E-state index is 9.31. The van der Waals surface area contributed by atoms with Crippen molar-refractivity contribution in [2.45, 2.75) is 37.8 Å². The van der Waals surface area contributed by atoms with Gasteiger partial charge in [0.1, 0.15) is 0 Å². The number of rotatable bonds is 1. The lowest BCUT2D eigenvalue weighted by Crippen LogP contribution is -2.39. The first-order valence-corrected chi connectivity index (χ1v) is 3.70. The van der Waals surface area contributed by atoms with Gasteiger partial charge in [0.05, 0.1) is 6.10 Å². The Balaban J connectivity index is 2.30. The minimum absolute atomic E-state index is 0.0938. The molecule has 54 valence electrons. The van der Waals surface area contributed by atoms with Crippen molar-refractivity contribution in [2.75, 3.05) is 7.05 Å². The van der Waals surface area contributed by atoms with Crippen LogP contribution in [-0.2, 0) is 0 Å². The maximum Gasteiger partial charge on any atom is 0.0693 e. The summed E-state index contributed by atoms with van der Waals surface area (Å²) in [5.41, 5.74) is 0. The molecule has 9 heavy (non-hydrogen) atoms. The van der Waals surface area contributed by atoms with Crippen LogP contribution in [0.25, 0.3) is 0 Å². The highest BCUT2D eigenvalue weighted by molar-refractivity contribution is 4.78. The van der Waals surface area contributed by atoms with E-state index < -0.39 is 0 Å². The summed E-state index contributed by atoms with van der Waals surface area (Å²) in [7, 11) is 1.92. The van der Waals surface area contributed by atoms with Crippen molar-refractivity contribution in [3.63, 3.8) is 0 Å². The molecule has 1 aliphatic carbocycles. The van der Waals surface area contributed by atoms with E-state index in [1.54, 1.807) is 0 Å². The van der Waals surface area contributed by atoms with Crippen LogP contribution in [0.5, 0.6) is 0 Å². The first-order valence-electron chi connectivity index (χ1n) is 3.70. The molecule has 1 fully saturated rings. The summed E-state index contributed by atoms with van der Waals surface area (Å²) in [6, 6.07) is 0.360. The number of hydrogen-bond acceptors (Lipinski definition) is 2. The van der Waals surface area contributed by atoms with Crippen molar-refractivity contribution in [1.82, 2.24) is 5.32 Å². The molecular weight excluding hydrogens is 114 g/mol. The Hall–Kier alpha value is -0.0800. The summed E-state index contributed by atoms with van der Waals surface area (Å²) in [5.74, 6) is 0. The van der Waals surface area contributed by atoms with Gasteiger partial charge in [-0.3, -0.25) is 0 Å². The van der Waals surface area contributed by atoms with Gasteiger partial charge >= 0.3 is 0 Å². The highest BCUT2D eigenvalue weighted by Gasteiger charge is 2.20. The van der Waals surface area contributed by atoms with E-state index in [9.17, 15) is 5.11 Å². The summed E-state index contributed by atoms with van der Waals surface area (Å²) >= 11 is 0. The lowest BCUT2D eigenvalue weighted by molar-refractivity contribution is 0.0948. The van der Waals surface area contributed by atoms with Crippen LogP contribution in [0.2, 0.25) is 0 Å². The van der Waals surface area contributed by atoms with Crippen molar-refractivity contribution in [2.24, 2.45) is 0 Å². The molecule has 1 saturated carbocycles. The lowest BCUT2D eigenvalue weighted by atomic mass is 9.93. The zero-order chi connectivity index (χ0) is 6.69. The van der Waals surface area contributed by atoms with Gasteiger partial charge in [-0.05, 0) is 19.9 Å². The van der Waals surface area contributed by atoms with E-state index in [4.69, 9.17) is 0 Å². The van der Waals surface area contributed by atoms with Gasteiger partial charge in [0, 0.05) is 6.04 Å². The molecule has 2 nitrogen and oxygen atoms in total. The standard InChI is InChI=1S/C7H15NO/c1-8-6-4-2-3-5-7(6)9/h6-9H,2-5H2,1H3/t6-,7+/m1/s1. The normalized spacial score (nSPS) is 36.7. The largest absolute Gasteiger partial charge is 0.392 e. The van der Waals surface area contributed by atoms with Gasteiger partial charge < -0.3 is 10.4 Å². The molecule has 0 bridgehead atoms. The predicted octanol–water partition coefficient (Wildman–Crippen LogP) is 0.509. The van der Waals surface area contributed by atoms with Gasteiger partial charge in [-0.1, -0.05) is 12.8 Å². The van der Waals surface area contributed by atoms with Gasteiger partial charge in [-0.25, -0.2) is 0 Å². The second-order valence-electron chi connectivity index (χ2n) is 2.75. The fourth-order valence-corrected chi connectivity index (χ4v) is 1.45. The van der Waals surface area contributed by atoms with Crippen LogP contribution >= 0.6 is 0 Å². The quantitative estimate of drug-likeness (QED) is 0.540. The predicted molar refractivity (Wildman–Crippen MR) is 37.3 cm³/mol. The second kappa shape index (κ2) is 3.18. The van der Waals surface area contributed by atoms with Gasteiger partial charge in [0.25, 0.3) is 0 Å². The summed E-state index contributed by atoms with van der Waals surface area (Å²) < 4.78 is 0. The zero-order valence-electron chi connectivity index (χ0n) is 5.93. The summed E-state index contributed by atoms with van der Waals surface area (Å²) in [4.78, 5) is 0. The van der Waals surface area contributed by atoms with Gasteiger partial charge in [0.2, 0.25) is 0 Å². The molecule has 0 aromatic heterocycles. The van der Waals surface area contributed by atoms with Crippen LogP contribution in [0.15, 0.2) is 0 Å². The Bertz CT molecular complexity index is 85.0. The van der Waals surface area contributed by atoms with E-state index in [-0.39, 0.29) is 6.10 Å². The van der Waals surface area contributed by atoms with Crippen LogP contribution in [-0.4, -0.2) is 24.3 Å². The lowest BCUT2D eigenvalue weighted by Gasteiger charge is -2.26. The highest BCUT2D eigenvalue weighted by atomic mass is 16.3. The van der Waals surface area contributed by atoms with E-state index in [1.165, 1.54) is 12.8 Å². The van der Waals surface area contributed by atoms with Gasteiger partial charge in [-0.2, -0.15) is 0 Å². The third kappa shape index (κ3) is 1.66. The van der Waals surface area contributed by atoms with Gasteiger partial charge in [0.15, 0.2) is 0 Å². The van der Waals surface area contributed by atoms with Crippen molar-refractivity contribution < 1.29 is 5.11 Å². The topological polar surface area (TPSA) is 32.3 Å². The molecule has 0 aromatic carbocycles. The average Bonchev–Trinajstić information content (AvgIpc) is 1.89. The van der Waals surface area contributed by atoms with Crippen molar-refractivity contribution in [3.05, 3.63) is 0 Å². The molecule has 0 saturated heterocycles. The first-order chi connectivity index (χ1) is 4.34. The third-order valence-corrected chi connectivity index (χ3v) is 2.10. The molecule has 0 amide bonds. The molecule has 0 heterocycles. The number of likely N-dealkylation sites (N-methyl/N-ethyl adjacent to an activating group) is 1. The van der Waals surface area contributed by atoms with Crippen LogP contribution < -0.4 is 5.32 Å². The molecular formula is C7H15NO. The molecule has 0 spiro atoms. The van der Waals surface area contributed by atoms with Gasteiger partial charge in [-0.15, -0.1) is 0 Å². The van der Waals surface area contributed by atoms with Crippen LogP contribution in [0.3, 0.4) is 0 Å². The molecule has 2 atom stereocenters. The zero-order valence-corrected chi connectivity index (χ0v) is 5.93. The molecule has 2 N–H and O–H groups in total. The molecule has 0 unspecified atom stereocenters. The van der Waals surface area contributed by atoms with Crippen molar-refractivity contribution >= 4 is 0 Å². The SMILES string of the molecule is CN[C@@H]1CCCC[C@@H]1O. The Morgan fingerprint density at radius 3 is 2.44 bits per heavy atom. The molecule has 2 heteroatoms. The molecule has 0 radical (unpaired) electrons. The minimum Gasteiger partial charge on any atom is -0.392 e. The molecule has 1 rings (SSSR count). The summed E-state index contributed by atoms with van der Waals surface area (Å²) in [5, 5.41) is 12.4.